The van der Waals surface area contributed by atoms with Crippen LogP contribution in [0.5, 0.6) is 0 Å². The first kappa shape index (κ1) is 16.8. The Morgan fingerprint density at radius 3 is 2.48 bits per heavy atom. The smallest absolute Gasteiger partial charge is 0.237 e. The summed E-state index contributed by atoms with van der Waals surface area (Å²) >= 11 is 0. The number of hydrogen-bond acceptors (Lipinski definition) is 3. The number of nitrogens with zero attached hydrogens (tertiary/aromatic N) is 1. The van der Waals surface area contributed by atoms with E-state index in [2.05, 4.69) is 17.1 Å². The Morgan fingerprint density at radius 2 is 2.00 bits per heavy atom. The van der Waals surface area contributed by atoms with E-state index in [9.17, 15) is 4.79 Å². The van der Waals surface area contributed by atoms with Crippen molar-refractivity contribution < 1.29 is 4.79 Å². The molecule has 1 atom stereocenters. The largest absolute Gasteiger partial charge is 0.368 e. The summed E-state index contributed by atoms with van der Waals surface area (Å²) in [5, 5.41) is 3.43. The number of carbonyl (C=O) groups excluding carboxylic acids is 1. The highest BCUT2D eigenvalue weighted by molar-refractivity contribution is 5.84. The Morgan fingerprint density at radius 1 is 1.29 bits per heavy atom. The molecular formula is C17H33N3O. The van der Waals surface area contributed by atoms with Crippen molar-refractivity contribution >= 4 is 5.91 Å². The van der Waals surface area contributed by atoms with E-state index >= 15 is 0 Å². The minimum Gasteiger partial charge on any atom is -0.368 e. The van der Waals surface area contributed by atoms with Crippen molar-refractivity contribution in [3.8, 4) is 0 Å². The molecule has 2 saturated carbocycles. The maximum atomic E-state index is 11.7. The van der Waals surface area contributed by atoms with Crippen molar-refractivity contribution in [1.82, 2.24) is 10.2 Å². The Hall–Kier alpha value is -0.610. The van der Waals surface area contributed by atoms with E-state index in [1.165, 1.54) is 38.6 Å². The van der Waals surface area contributed by atoms with Crippen molar-refractivity contribution in [1.29, 1.82) is 0 Å². The zero-order chi connectivity index (χ0) is 15.3. The predicted octanol–water partition coefficient (Wildman–Crippen LogP) is 2.27. The van der Waals surface area contributed by atoms with Gasteiger partial charge in [0, 0.05) is 12.6 Å². The SMILES string of the molecule is CCN(CCCCC(C)(NC1CC1)C(N)=O)CC1CCC1. The standard InChI is InChI=1S/C17H33N3O/c1-3-20(13-14-7-6-8-14)12-5-4-11-17(2,16(18)21)19-15-9-10-15/h14-15,19H,3-13H2,1-2H3,(H2,18,21). The third kappa shape index (κ3) is 5.26. The topological polar surface area (TPSA) is 58.4 Å². The minimum absolute atomic E-state index is 0.198. The van der Waals surface area contributed by atoms with Crippen LogP contribution in [0.25, 0.3) is 0 Å². The normalized spacial score (nSPS) is 22.0. The molecule has 0 saturated heterocycles. The molecule has 1 unspecified atom stereocenters. The van der Waals surface area contributed by atoms with Crippen molar-refractivity contribution in [3.63, 3.8) is 0 Å². The summed E-state index contributed by atoms with van der Waals surface area (Å²) in [5.41, 5.74) is 5.09. The van der Waals surface area contributed by atoms with Gasteiger partial charge in [-0.1, -0.05) is 13.3 Å². The van der Waals surface area contributed by atoms with E-state index in [4.69, 9.17) is 5.73 Å². The lowest BCUT2D eigenvalue weighted by Gasteiger charge is -2.32. The Labute approximate surface area is 129 Å². The number of nitrogens with two attached hydrogens (primary N) is 1. The van der Waals surface area contributed by atoms with E-state index < -0.39 is 5.54 Å². The fraction of sp³-hybridized carbons (Fsp3) is 0.941. The number of amides is 1. The molecule has 0 radical (unpaired) electrons. The number of unbranched alkanes of at least 4 members (excludes halogenated alkanes) is 1. The number of rotatable bonds is 11. The van der Waals surface area contributed by atoms with Gasteiger partial charge in [-0.15, -0.1) is 0 Å². The zero-order valence-corrected chi connectivity index (χ0v) is 13.9. The molecule has 2 rings (SSSR count). The lowest BCUT2D eigenvalue weighted by Crippen LogP contribution is -2.54. The van der Waals surface area contributed by atoms with E-state index in [0.29, 0.717) is 6.04 Å². The van der Waals surface area contributed by atoms with Crippen LogP contribution in [0.4, 0.5) is 0 Å². The van der Waals surface area contributed by atoms with Crippen LogP contribution >= 0.6 is 0 Å². The number of hydrogen-bond donors (Lipinski definition) is 2. The lowest BCUT2D eigenvalue weighted by atomic mass is 9.85. The first-order valence-electron chi connectivity index (χ1n) is 8.83. The molecule has 0 aromatic rings. The molecule has 21 heavy (non-hydrogen) atoms. The number of carbonyl (C=O) groups is 1. The second-order valence-electron chi connectivity index (χ2n) is 7.26. The van der Waals surface area contributed by atoms with Gasteiger partial charge < -0.3 is 16.0 Å². The maximum Gasteiger partial charge on any atom is 0.237 e. The van der Waals surface area contributed by atoms with Crippen LogP contribution in [0.2, 0.25) is 0 Å². The molecule has 2 aliphatic carbocycles. The first-order valence-corrected chi connectivity index (χ1v) is 8.83. The van der Waals surface area contributed by atoms with Gasteiger partial charge in [-0.05, 0) is 70.9 Å². The first-order chi connectivity index (χ1) is 10.0. The maximum absolute atomic E-state index is 11.7. The fourth-order valence-corrected chi connectivity index (χ4v) is 3.18. The molecule has 122 valence electrons. The quantitative estimate of drug-likeness (QED) is 0.575. The minimum atomic E-state index is -0.508. The predicted molar refractivity (Wildman–Crippen MR) is 87.1 cm³/mol. The highest BCUT2D eigenvalue weighted by Crippen LogP contribution is 2.27. The lowest BCUT2D eigenvalue weighted by molar-refractivity contribution is -0.124. The van der Waals surface area contributed by atoms with Crippen LogP contribution in [0.3, 0.4) is 0 Å². The van der Waals surface area contributed by atoms with E-state index in [0.717, 1.165) is 38.3 Å². The van der Waals surface area contributed by atoms with Crippen molar-refractivity contribution in [2.24, 2.45) is 11.7 Å². The van der Waals surface area contributed by atoms with E-state index in [1.807, 2.05) is 6.92 Å². The molecule has 3 N–H and O–H groups in total. The van der Waals surface area contributed by atoms with Gasteiger partial charge in [0.05, 0.1) is 5.54 Å². The second kappa shape index (κ2) is 7.59. The molecule has 0 aromatic heterocycles. The van der Waals surface area contributed by atoms with E-state index in [-0.39, 0.29) is 5.91 Å². The summed E-state index contributed by atoms with van der Waals surface area (Å²) in [6.07, 6.45) is 9.73. The van der Waals surface area contributed by atoms with Crippen molar-refractivity contribution in [3.05, 3.63) is 0 Å². The molecule has 0 heterocycles. The molecule has 0 aliphatic heterocycles. The third-order valence-corrected chi connectivity index (χ3v) is 5.23. The van der Waals surface area contributed by atoms with Crippen LogP contribution < -0.4 is 11.1 Å². The van der Waals surface area contributed by atoms with E-state index in [1.54, 1.807) is 0 Å². The van der Waals surface area contributed by atoms with Crippen LogP contribution in [0.15, 0.2) is 0 Å². The van der Waals surface area contributed by atoms with Gasteiger partial charge in [0.25, 0.3) is 0 Å². The average Bonchev–Trinajstić information content (AvgIpc) is 3.19. The van der Waals surface area contributed by atoms with Gasteiger partial charge in [-0.25, -0.2) is 0 Å². The number of nitrogens with one attached hydrogen (secondary N) is 1. The summed E-state index contributed by atoms with van der Waals surface area (Å²) in [6.45, 7) is 7.79. The Balaban J connectivity index is 1.64. The molecule has 2 fully saturated rings. The van der Waals surface area contributed by atoms with Crippen LogP contribution in [-0.4, -0.2) is 42.0 Å². The summed E-state index contributed by atoms with van der Waals surface area (Å²) in [4.78, 5) is 14.3. The fourth-order valence-electron chi connectivity index (χ4n) is 3.18. The Kier molecular flexibility index (Phi) is 6.06. The second-order valence-corrected chi connectivity index (χ2v) is 7.26. The van der Waals surface area contributed by atoms with Crippen LogP contribution in [-0.2, 0) is 4.79 Å². The molecule has 2 aliphatic rings. The zero-order valence-electron chi connectivity index (χ0n) is 13.9. The van der Waals surface area contributed by atoms with Crippen LogP contribution in [0.1, 0.15) is 65.2 Å². The summed E-state index contributed by atoms with van der Waals surface area (Å²) in [6, 6.07) is 0.522. The summed E-state index contributed by atoms with van der Waals surface area (Å²) in [7, 11) is 0. The molecule has 0 bridgehead atoms. The number of primary amides is 1. The van der Waals surface area contributed by atoms with Gasteiger partial charge in [0.15, 0.2) is 0 Å². The van der Waals surface area contributed by atoms with Gasteiger partial charge in [0.1, 0.15) is 0 Å². The average molecular weight is 295 g/mol. The van der Waals surface area contributed by atoms with Crippen LogP contribution in [0, 0.1) is 5.92 Å². The Bertz CT molecular complexity index is 339. The van der Waals surface area contributed by atoms with Gasteiger partial charge in [-0.3, -0.25) is 4.79 Å². The molecule has 4 nitrogen and oxygen atoms in total. The third-order valence-electron chi connectivity index (χ3n) is 5.23. The van der Waals surface area contributed by atoms with Crippen molar-refractivity contribution in [2.75, 3.05) is 19.6 Å². The van der Waals surface area contributed by atoms with Gasteiger partial charge >= 0.3 is 0 Å². The van der Waals surface area contributed by atoms with Gasteiger partial charge in [0.2, 0.25) is 5.91 Å². The summed E-state index contributed by atoms with van der Waals surface area (Å²) < 4.78 is 0. The monoisotopic (exact) mass is 295 g/mol. The molecule has 0 aromatic carbocycles. The summed E-state index contributed by atoms with van der Waals surface area (Å²) in [5.74, 6) is 0.744. The molecule has 4 heteroatoms. The highest BCUT2D eigenvalue weighted by atomic mass is 16.1. The van der Waals surface area contributed by atoms with Crippen molar-refractivity contribution in [2.45, 2.75) is 76.8 Å². The molecule has 0 spiro atoms. The highest BCUT2D eigenvalue weighted by Gasteiger charge is 2.36. The molecule has 1 amide bonds. The van der Waals surface area contributed by atoms with Gasteiger partial charge in [-0.2, -0.15) is 0 Å². The molecular weight excluding hydrogens is 262 g/mol.